The molecule has 0 amide bonds. The molecule has 0 aliphatic carbocycles. The van der Waals surface area contributed by atoms with Gasteiger partial charge >= 0.3 is 0 Å². The fourth-order valence-electron chi connectivity index (χ4n) is 2.67. The van der Waals surface area contributed by atoms with Gasteiger partial charge in [0.2, 0.25) is 4.96 Å². The van der Waals surface area contributed by atoms with E-state index in [1.165, 1.54) is 15.9 Å². The fraction of sp³-hybridized carbons (Fsp3) is 0.0952. The van der Waals surface area contributed by atoms with Crippen molar-refractivity contribution < 1.29 is 0 Å². The molecule has 4 rings (SSSR count). The van der Waals surface area contributed by atoms with Crippen molar-refractivity contribution in [2.24, 2.45) is 0 Å². The number of fused-ring (bicyclic) bond motifs is 1. The molecule has 2 aromatic heterocycles. The minimum atomic E-state index is -0.140. The Bertz CT molecular complexity index is 1210. The molecular weight excluding hydrogens is 356 g/mol. The number of anilines is 1. The Labute approximate surface area is 160 Å². The number of aromatic nitrogens is 3. The lowest BCUT2D eigenvalue weighted by atomic mass is 10.2. The van der Waals surface area contributed by atoms with Gasteiger partial charge in [-0.3, -0.25) is 4.79 Å². The zero-order valence-electron chi connectivity index (χ0n) is 15.0. The van der Waals surface area contributed by atoms with Gasteiger partial charge < -0.3 is 4.90 Å². The van der Waals surface area contributed by atoms with Gasteiger partial charge in [0.1, 0.15) is 0 Å². The van der Waals surface area contributed by atoms with Gasteiger partial charge in [-0.2, -0.15) is 9.50 Å². The van der Waals surface area contributed by atoms with Crippen LogP contribution in [0.1, 0.15) is 17.0 Å². The molecule has 0 aliphatic heterocycles. The van der Waals surface area contributed by atoms with Crippen LogP contribution in [0.5, 0.6) is 0 Å². The molecule has 0 unspecified atom stereocenters. The van der Waals surface area contributed by atoms with Crippen molar-refractivity contribution >= 4 is 40.2 Å². The van der Waals surface area contributed by atoms with Gasteiger partial charge in [0.15, 0.2) is 5.82 Å². The van der Waals surface area contributed by atoms with Crippen LogP contribution in [0.4, 0.5) is 5.69 Å². The monoisotopic (exact) mass is 374 g/mol. The average Bonchev–Trinajstić information content (AvgIpc) is 3.20. The van der Waals surface area contributed by atoms with E-state index >= 15 is 0 Å². The van der Waals surface area contributed by atoms with Crippen LogP contribution in [-0.2, 0) is 0 Å². The van der Waals surface area contributed by atoms with Gasteiger partial charge in [-0.25, -0.2) is 0 Å². The summed E-state index contributed by atoms with van der Waals surface area (Å²) in [5.41, 5.74) is 3.02. The summed E-state index contributed by atoms with van der Waals surface area (Å²) >= 11 is 1.35. The van der Waals surface area contributed by atoms with Gasteiger partial charge in [0.25, 0.3) is 5.56 Å². The Morgan fingerprint density at radius 3 is 2.37 bits per heavy atom. The van der Waals surface area contributed by atoms with Crippen molar-refractivity contribution in [3.05, 3.63) is 86.4 Å². The molecule has 0 saturated carbocycles. The fourth-order valence-corrected chi connectivity index (χ4v) is 3.59. The molecule has 5 nitrogen and oxygen atoms in total. The lowest BCUT2D eigenvalue weighted by molar-refractivity contribution is 0.925. The third kappa shape index (κ3) is 3.66. The first kappa shape index (κ1) is 17.2. The first-order valence-corrected chi connectivity index (χ1v) is 9.34. The van der Waals surface area contributed by atoms with E-state index in [1.54, 1.807) is 0 Å². The molecule has 2 heterocycles. The zero-order valence-corrected chi connectivity index (χ0v) is 15.9. The second-order valence-corrected chi connectivity index (χ2v) is 7.32. The molecule has 134 valence electrons. The minimum Gasteiger partial charge on any atom is -0.378 e. The molecule has 0 N–H and O–H groups in total. The van der Waals surface area contributed by atoms with Crippen LogP contribution in [0.3, 0.4) is 0 Å². The second-order valence-electron chi connectivity index (χ2n) is 6.31. The number of benzene rings is 2. The second kappa shape index (κ2) is 7.17. The van der Waals surface area contributed by atoms with Crippen LogP contribution >= 0.6 is 11.3 Å². The Morgan fingerprint density at radius 2 is 1.70 bits per heavy atom. The third-order valence-corrected chi connectivity index (χ3v) is 5.09. The first-order chi connectivity index (χ1) is 13.1. The van der Waals surface area contributed by atoms with Gasteiger partial charge in [-0.05, 0) is 35.4 Å². The van der Waals surface area contributed by atoms with Crippen LogP contribution in [-0.4, -0.2) is 28.7 Å². The molecule has 0 saturated heterocycles. The summed E-state index contributed by atoms with van der Waals surface area (Å²) in [5, 5.41) is 4.32. The Hall–Kier alpha value is -3.25. The maximum absolute atomic E-state index is 12.6. The maximum atomic E-state index is 12.6. The van der Waals surface area contributed by atoms with E-state index in [2.05, 4.69) is 10.1 Å². The molecule has 27 heavy (non-hydrogen) atoms. The van der Waals surface area contributed by atoms with Gasteiger partial charge in [-0.1, -0.05) is 59.9 Å². The van der Waals surface area contributed by atoms with Crippen molar-refractivity contribution in [2.75, 3.05) is 19.0 Å². The smallest absolute Gasteiger partial charge is 0.291 e. The van der Waals surface area contributed by atoms with E-state index in [4.69, 9.17) is 0 Å². The van der Waals surface area contributed by atoms with Crippen molar-refractivity contribution in [2.45, 2.75) is 0 Å². The molecule has 0 spiro atoms. The van der Waals surface area contributed by atoms with Gasteiger partial charge in [-0.15, -0.1) is 5.10 Å². The maximum Gasteiger partial charge on any atom is 0.291 e. The highest BCUT2D eigenvalue weighted by Crippen LogP contribution is 2.13. The van der Waals surface area contributed by atoms with E-state index in [0.717, 1.165) is 16.8 Å². The molecule has 0 atom stereocenters. The molecule has 0 aliphatic rings. The van der Waals surface area contributed by atoms with E-state index in [1.807, 2.05) is 91.8 Å². The van der Waals surface area contributed by atoms with Crippen LogP contribution in [0.15, 0.2) is 59.4 Å². The SMILES string of the molecule is CN(C)c1ccc(/C=c2\sc3nc(/C=C/c4ccccc4)nn3c2=O)cc1. The average molecular weight is 374 g/mol. The summed E-state index contributed by atoms with van der Waals surface area (Å²) in [6.45, 7) is 0. The Kier molecular flexibility index (Phi) is 4.56. The summed E-state index contributed by atoms with van der Waals surface area (Å²) in [5.74, 6) is 0.532. The number of nitrogens with zero attached hydrogens (tertiary/aromatic N) is 4. The van der Waals surface area contributed by atoms with E-state index in [-0.39, 0.29) is 5.56 Å². The molecule has 4 aromatic rings. The summed E-state index contributed by atoms with van der Waals surface area (Å²) in [6.07, 6.45) is 5.63. The summed E-state index contributed by atoms with van der Waals surface area (Å²) in [4.78, 5) is 19.7. The predicted octanol–water partition coefficient (Wildman–Crippen LogP) is 2.94. The van der Waals surface area contributed by atoms with Crippen molar-refractivity contribution in [1.29, 1.82) is 0 Å². The van der Waals surface area contributed by atoms with Crippen LogP contribution in [0.25, 0.3) is 23.2 Å². The van der Waals surface area contributed by atoms with Crippen LogP contribution < -0.4 is 15.0 Å². The van der Waals surface area contributed by atoms with Crippen molar-refractivity contribution in [1.82, 2.24) is 14.6 Å². The van der Waals surface area contributed by atoms with Crippen molar-refractivity contribution in [3.8, 4) is 0 Å². The molecule has 6 heteroatoms. The molecule has 0 fully saturated rings. The number of thiazole rings is 1. The van der Waals surface area contributed by atoms with E-state index in [9.17, 15) is 4.79 Å². The molecule has 2 aromatic carbocycles. The number of rotatable bonds is 4. The zero-order chi connectivity index (χ0) is 18.8. The highest BCUT2D eigenvalue weighted by Gasteiger charge is 2.08. The Balaban J connectivity index is 1.64. The van der Waals surface area contributed by atoms with E-state index < -0.39 is 0 Å². The lowest BCUT2D eigenvalue weighted by Gasteiger charge is -2.11. The molecule has 0 bridgehead atoms. The summed E-state index contributed by atoms with van der Waals surface area (Å²) < 4.78 is 2.00. The van der Waals surface area contributed by atoms with Crippen molar-refractivity contribution in [3.63, 3.8) is 0 Å². The van der Waals surface area contributed by atoms with Crippen LogP contribution in [0.2, 0.25) is 0 Å². The summed E-state index contributed by atoms with van der Waals surface area (Å²) in [6, 6.07) is 18.0. The standard InChI is InChI=1S/C21H18N4OS/c1-24(2)17-11-8-16(9-12-17)14-18-20(26)25-21(27-18)22-19(23-25)13-10-15-6-4-3-5-7-15/h3-14H,1-2H3/b13-10+,18-14-. The largest absolute Gasteiger partial charge is 0.378 e. The highest BCUT2D eigenvalue weighted by atomic mass is 32.1. The highest BCUT2D eigenvalue weighted by molar-refractivity contribution is 7.15. The van der Waals surface area contributed by atoms with Gasteiger partial charge in [0.05, 0.1) is 4.53 Å². The van der Waals surface area contributed by atoms with Crippen LogP contribution in [0, 0.1) is 0 Å². The molecule has 0 radical (unpaired) electrons. The third-order valence-electron chi connectivity index (χ3n) is 4.13. The van der Waals surface area contributed by atoms with E-state index in [0.29, 0.717) is 15.3 Å². The lowest BCUT2D eigenvalue weighted by Crippen LogP contribution is -2.23. The van der Waals surface area contributed by atoms with Gasteiger partial charge in [0, 0.05) is 19.8 Å². The Morgan fingerprint density at radius 1 is 0.963 bits per heavy atom. The minimum absolute atomic E-state index is 0.140. The normalized spacial score (nSPS) is 12.3. The number of hydrogen-bond acceptors (Lipinski definition) is 5. The molecular formula is C21H18N4OS. The number of hydrogen-bond donors (Lipinski definition) is 0. The summed E-state index contributed by atoms with van der Waals surface area (Å²) in [7, 11) is 4.00. The quantitative estimate of drug-likeness (QED) is 0.551. The topological polar surface area (TPSA) is 50.5 Å². The first-order valence-electron chi connectivity index (χ1n) is 8.52. The predicted molar refractivity (Wildman–Crippen MR) is 112 cm³/mol.